The quantitative estimate of drug-likeness (QED) is 0.617. The first-order valence-corrected chi connectivity index (χ1v) is 8.77. The monoisotopic (exact) mass is 351 g/mol. The molecule has 2 amide bonds. The molecule has 3 heterocycles. The van der Waals surface area contributed by atoms with Crippen LogP contribution in [0.15, 0.2) is 41.3 Å². The van der Waals surface area contributed by atoms with Crippen LogP contribution in [-0.4, -0.2) is 39.5 Å². The number of benzene rings is 1. The van der Waals surface area contributed by atoms with Crippen LogP contribution in [-0.2, 0) is 0 Å². The number of amides is 2. The SMILES string of the molecule is CC1CC(Nc2ccnc3[nH]c(=O)c4ccccc4c23)CCN1C(N)=O. The predicted octanol–water partition coefficient (Wildman–Crippen LogP) is 2.42. The van der Waals surface area contributed by atoms with Crippen molar-refractivity contribution in [2.45, 2.75) is 31.8 Å². The maximum absolute atomic E-state index is 12.3. The average Bonchev–Trinajstić information content (AvgIpc) is 2.62. The normalized spacial score (nSPS) is 20.4. The molecule has 26 heavy (non-hydrogen) atoms. The minimum absolute atomic E-state index is 0.0865. The number of nitrogens with two attached hydrogens (primary N) is 1. The Hall–Kier alpha value is -3.09. The number of aromatic amines is 1. The Bertz CT molecular complexity index is 1040. The average molecular weight is 351 g/mol. The maximum Gasteiger partial charge on any atom is 0.315 e. The second kappa shape index (κ2) is 6.33. The number of aromatic nitrogens is 2. The van der Waals surface area contributed by atoms with E-state index in [9.17, 15) is 9.59 Å². The molecule has 1 fully saturated rings. The van der Waals surface area contributed by atoms with Crippen LogP contribution in [0.2, 0.25) is 0 Å². The van der Waals surface area contributed by atoms with Crippen LogP contribution in [0.4, 0.5) is 10.5 Å². The fourth-order valence-electron chi connectivity index (χ4n) is 3.87. The third-order valence-electron chi connectivity index (χ3n) is 5.14. The van der Waals surface area contributed by atoms with Crippen molar-refractivity contribution in [3.8, 4) is 0 Å². The van der Waals surface area contributed by atoms with Crippen LogP contribution in [0, 0.1) is 0 Å². The van der Waals surface area contributed by atoms with Gasteiger partial charge in [-0.15, -0.1) is 0 Å². The van der Waals surface area contributed by atoms with Crippen LogP contribution in [0.5, 0.6) is 0 Å². The van der Waals surface area contributed by atoms with E-state index in [1.54, 1.807) is 11.1 Å². The number of hydrogen-bond acceptors (Lipinski definition) is 4. The van der Waals surface area contributed by atoms with Gasteiger partial charge in [-0.1, -0.05) is 18.2 Å². The van der Waals surface area contributed by atoms with Crippen LogP contribution < -0.4 is 16.6 Å². The third kappa shape index (κ3) is 2.75. The van der Waals surface area contributed by atoms with Crippen molar-refractivity contribution in [2.75, 3.05) is 11.9 Å². The lowest BCUT2D eigenvalue weighted by Gasteiger charge is -2.37. The third-order valence-corrected chi connectivity index (χ3v) is 5.14. The molecule has 4 N–H and O–H groups in total. The summed E-state index contributed by atoms with van der Waals surface area (Å²) in [4.78, 5) is 32.6. The number of carbonyl (C=O) groups is 1. The van der Waals surface area contributed by atoms with Gasteiger partial charge < -0.3 is 20.9 Å². The fraction of sp³-hybridized carbons (Fsp3) is 0.316. The topological polar surface area (TPSA) is 104 Å². The molecule has 0 saturated carbocycles. The number of fused-ring (bicyclic) bond motifs is 3. The zero-order valence-corrected chi connectivity index (χ0v) is 14.5. The van der Waals surface area contributed by atoms with E-state index in [4.69, 9.17) is 5.73 Å². The Labute approximate surface area is 150 Å². The lowest BCUT2D eigenvalue weighted by molar-refractivity contribution is 0.162. The molecule has 7 heteroatoms. The standard InChI is InChI=1S/C19H21N5O2/c1-11-10-12(7-9-24(11)19(20)26)22-15-6-8-21-17-16(15)13-4-2-3-5-14(13)18(25)23-17/h2-6,8,11-12H,7,9-10H2,1H3,(H2,20,26)(H2,21,22,23,25). The number of rotatable bonds is 2. The Balaban J connectivity index is 1.73. The second-order valence-corrected chi connectivity index (χ2v) is 6.83. The van der Waals surface area contributed by atoms with Gasteiger partial charge in [-0.05, 0) is 31.9 Å². The highest BCUT2D eigenvalue weighted by Crippen LogP contribution is 2.29. The summed E-state index contributed by atoms with van der Waals surface area (Å²) >= 11 is 0. The summed E-state index contributed by atoms with van der Waals surface area (Å²) in [6.07, 6.45) is 3.32. The Morgan fingerprint density at radius 3 is 2.81 bits per heavy atom. The molecule has 0 aliphatic carbocycles. The summed E-state index contributed by atoms with van der Waals surface area (Å²) in [5, 5.41) is 6.02. The van der Waals surface area contributed by atoms with Gasteiger partial charge in [0.2, 0.25) is 0 Å². The molecule has 1 saturated heterocycles. The first kappa shape index (κ1) is 16.4. The Kier molecular flexibility index (Phi) is 3.99. The summed E-state index contributed by atoms with van der Waals surface area (Å²) in [6.45, 7) is 2.64. The number of nitrogens with zero attached hydrogens (tertiary/aromatic N) is 2. The number of H-pyrrole nitrogens is 1. The highest BCUT2D eigenvalue weighted by Gasteiger charge is 2.27. The first-order chi connectivity index (χ1) is 12.5. The van der Waals surface area contributed by atoms with Crippen LogP contribution in [0.3, 0.4) is 0 Å². The van der Waals surface area contributed by atoms with Gasteiger partial charge >= 0.3 is 6.03 Å². The number of anilines is 1. The largest absolute Gasteiger partial charge is 0.382 e. The van der Waals surface area contributed by atoms with Crippen LogP contribution >= 0.6 is 0 Å². The van der Waals surface area contributed by atoms with Gasteiger partial charge in [0.25, 0.3) is 5.56 Å². The van der Waals surface area contributed by atoms with Gasteiger partial charge in [0.15, 0.2) is 0 Å². The number of hydrogen-bond donors (Lipinski definition) is 3. The lowest BCUT2D eigenvalue weighted by Crippen LogP contribution is -2.49. The van der Waals surface area contributed by atoms with Crippen molar-refractivity contribution in [2.24, 2.45) is 5.73 Å². The van der Waals surface area contributed by atoms with E-state index in [1.165, 1.54) is 0 Å². The summed E-state index contributed by atoms with van der Waals surface area (Å²) < 4.78 is 0. The van der Waals surface area contributed by atoms with Crippen LogP contribution in [0.1, 0.15) is 19.8 Å². The number of piperidine rings is 1. The highest BCUT2D eigenvalue weighted by atomic mass is 16.2. The molecule has 2 unspecified atom stereocenters. The number of pyridine rings is 2. The van der Waals surface area contributed by atoms with Gasteiger partial charge in [0.05, 0.1) is 0 Å². The van der Waals surface area contributed by atoms with E-state index in [2.05, 4.69) is 15.3 Å². The molecule has 0 bridgehead atoms. The molecule has 4 rings (SSSR count). The molecule has 0 radical (unpaired) electrons. The van der Waals surface area contributed by atoms with E-state index in [1.807, 2.05) is 37.3 Å². The number of likely N-dealkylation sites (tertiary alicyclic amines) is 1. The maximum atomic E-state index is 12.3. The van der Waals surface area contributed by atoms with E-state index < -0.39 is 0 Å². The molecule has 1 aliphatic rings. The van der Waals surface area contributed by atoms with Crippen molar-refractivity contribution in [3.63, 3.8) is 0 Å². The lowest BCUT2D eigenvalue weighted by atomic mass is 9.98. The molecule has 0 spiro atoms. The molecular formula is C19H21N5O2. The van der Waals surface area contributed by atoms with E-state index in [0.717, 1.165) is 29.3 Å². The minimum atomic E-state index is -0.367. The zero-order valence-electron chi connectivity index (χ0n) is 14.5. The first-order valence-electron chi connectivity index (χ1n) is 8.77. The van der Waals surface area contributed by atoms with Crippen molar-refractivity contribution < 1.29 is 4.79 Å². The van der Waals surface area contributed by atoms with Gasteiger partial charge in [0.1, 0.15) is 5.65 Å². The minimum Gasteiger partial charge on any atom is -0.382 e. The summed E-state index contributed by atoms with van der Waals surface area (Å²) in [5.74, 6) is 0. The second-order valence-electron chi connectivity index (χ2n) is 6.83. The number of carbonyl (C=O) groups excluding carboxylic acids is 1. The molecule has 1 aliphatic heterocycles. The number of primary amides is 1. The molecule has 1 aromatic carbocycles. The number of nitrogens with one attached hydrogen (secondary N) is 2. The highest BCUT2D eigenvalue weighted by molar-refractivity contribution is 6.10. The van der Waals surface area contributed by atoms with Gasteiger partial charge in [0, 0.05) is 46.7 Å². The van der Waals surface area contributed by atoms with E-state index in [-0.39, 0.29) is 23.7 Å². The Morgan fingerprint density at radius 2 is 2.08 bits per heavy atom. The van der Waals surface area contributed by atoms with Crippen molar-refractivity contribution >= 4 is 33.5 Å². The summed E-state index contributed by atoms with van der Waals surface area (Å²) in [6, 6.07) is 9.40. The van der Waals surface area contributed by atoms with Crippen molar-refractivity contribution in [1.29, 1.82) is 0 Å². The molecule has 3 aromatic rings. The van der Waals surface area contributed by atoms with Crippen LogP contribution in [0.25, 0.3) is 21.8 Å². The fourth-order valence-corrected chi connectivity index (χ4v) is 3.87. The van der Waals surface area contributed by atoms with Crippen molar-refractivity contribution in [1.82, 2.24) is 14.9 Å². The van der Waals surface area contributed by atoms with Gasteiger partial charge in [-0.2, -0.15) is 0 Å². The van der Waals surface area contributed by atoms with Crippen molar-refractivity contribution in [3.05, 3.63) is 46.9 Å². The van der Waals surface area contributed by atoms with E-state index in [0.29, 0.717) is 17.6 Å². The Morgan fingerprint density at radius 1 is 1.31 bits per heavy atom. The summed E-state index contributed by atoms with van der Waals surface area (Å²) in [7, 11) is 0. The predicted molar refractivity (Wildman–Crippen MR) is 102 cm³/mol. The zero-order chi connectivity index (χ0) is 18.3. The van der Waals surface area contributed by atoms with Gasteiger partial charge in [-0.25, -0.2) is 9.78 Å². The molecule has 2 aromatic heterocycles. The molecule has 2 atom stereocenters. The van der Waals surface area contributed by atoms with E-state index >= 15 is 0 Å². The molecule has 7 nitrogen and oxygen atoms in total. The number of urea groups is 1. The van der Waals surface area contributed by atoms with Gasteiger partial charge in [-0.3, -0.25) is 4.79 Å². The molecule has 134 valence electrons. The summed E-state index contributed by atoms with van der Waals surface area (Å²) in [5.41, 5.74) is 6.80. The molecular weight excluding hydrogens is 330 g/mol. The smallest absolute Gasteiger partial charge is 0.315 e.